The van der Waals surface area contributed by atoms with Gasteiger partial charge in [0, 0.05) is 92.9 Å². The van der Waals surface area contributed by atoms with Crippen LogP contribution >= 0.6 is 0 Å². The first-order chi connectivity index (χ1) is 53.2. The fourth-order valence-electron chi connectivity index (χ4n) is 13.6. The zero-order valence-corrected chi connectivity index (χ0v) is 64.3. The Morgan fingerprint density at radius 2 is 0.884 bits per heavy atom. The van der Waals surface area contributed by atoms with Gasteiger partial charge in [-0.05, 0) is 131 Å². The van der Waals surface area contributed by atoms with Crippen molar-refractivity contribution in [2.24, 2.45) is 57.0 Å². The van der Waals surface area contributed by atoms with E-state index in [4.69, 9.17) is 50.0 Å². The lowest BCUT2D eigenvalue weighted by Gasteiger charge is -2.32. The van der Waals surface area contributed by atoms with Crippen molar-refractivity contribution in [3.8, 4) is 0 Å². The van der Waals surface area contributed by atoms with E-state index < -0.39 is 175 Å². The Morgan fingerprint density at radius 1 is 0.482 bits per heavy atom. The molecule has 5 aromatic rings. The summed E-state index contributed by atoms with van der Waals surface area (Å²) in [5, 5.41) is 30.9. The Hall–Kier alpha value is -11.5. The van der Waals surface area contributed by atoms with Crippen LogP contribution in [-0.4, -0.2) is 206 Å². The second-order valence-electron chi connectivity index (χ2n) is 29.2. The molecule has 0 spiro atoms. The molecule has 0 aliphatic carbocycles. The van der Waals surface area contributed by atoms with Crippen molar-refractivity contribution in [3.05, 3.63) is 108 Å². The van der Waals surface area contributed by atoms with E-state index in [2.05, 4.69) is 57.5 Å². The van der Waals surface area contributed by atoms with Gasteiger partial charge in [-0.3, -0.25) is 72.1 Å². The number of aromatic amines is 2. The van der Waals surface area contributed by atoms with E-state index in [-0.39, 0.29) is 95.3 Å². The molecule has 0 saturated carbocycles. The summed E-state index contributed by atoms with van der Waals surface area (Å²) in [4.78, 5) is 206. The van der Waals surface area contributed by atoms with Crippen LogP contribution in [0.15, 0.2) is 96.2 Å². The topological polar surface area (TPSA) is 588 Å². The molecule has 2 saturated heterocycles. The fraction of sp³-hybridized carbons (Fsp3) is 0.519. The average molecular weight is 1560 g/mol. The van der Waals surface area contributed by atoms with Crippen LogP contribution in [0.5, 0.6) is 0 Å². The summed E-state index contributed by atoms with van der Waals surface area (Å²) in [6.07, 6.45) is 4.13. The van der Waals surface area contributed by atoms with E-state index in [9.17, 15) is 47.9 Å². The van der Waals surface area contributed by atoms with Gasteiger partial charge in [0.2, 0.25) is 76.8 Å². The number of hydrogen-bond donors (Lipinski definition) is 18. The van der Waals surface area contributed by atoms with Gasteiger partial charge in [0.1, 0.15) is 60.4 Å². The minimum absolute atomic E-state index is 0.0342. The van der Waals surface area contributed by atoms with Crippen molar-refractivity contribution in [2.45, 2.75) is 217 Å². The van der Waals surface area contributed by atoms with Gasteiger partial charge >= 0.3 is 0 Å². The van der Waals surface area contributed by atoms with E-state index in [1.165, 1.54) is 9.80 Å². The first-order valence-electron chi connectivity index (χ1n) is 38.0. The molecule has 2 aromatic heterocycles. The van der Waals surface area contributed by atoms with Crippen molar-refractivity contribution in [1.82, 2.24) is 62.3 Å². The smallest absolute Gasteiger partial charge is 0.300 e. The maximum Gasteiger partial charge on any atom is 0.300 e. The molecule has 112 heavy (non-hydrogen) atoms. The molecule has 2 aliphatic heterocycles. The minimum atomic E-state index is -1.69. The van der Waals surface area contributed by atoms with Gasteiger partial charge in [-0.25, -0.2) is 0 Å². The van der Waals surface area contributed by atoms with E-state index >= 15 is 14.4 Å². The van der Waals surface area contributed by atoms with Gasteiger partial charge in [0.25, 0.3) is 5.97 Å². The number of carbonyl (C=O) groups is 14. The second kappa shape index (κ2) is 44.4. The van der Waals surface area contributed by atoms with Gasteiger partial charge < -0.3 is 108 Å². The lowest BCUT2D eigenvalue weighted by Crippen LogP contribution is -2.61. The van der Waals surface area contributed by atoms with E-state index in [0.717, 1.165) is 17.8 Å². The van der Waals surface area contributed by atoms with Crippen molar-refractivity contribution in [2.75, 3.05) is 26.2 Å². The zero-order chi connectivity index (χ0) is 82.3. The zero-order valence-electron chi connectivity index (χ0n) is 64.3. The molecule has 2 aliphatic rings. The second-order valence-corrected chi connectivity index (χ2v) is 29.2. The van der Waals surface area contributed by atoms with Crippen LogP contribution in [0.2, 0.25) is 0 Å². The number of benzene rings is 3. The highest BCUT2D eigenvalue weighted by molar-refractivity contribution is 6.00. The maximum absolute atomic E-state index is 15.4. The third-order valence-corrected chi connectivity index (χ3v) is 19.2. The van der Waals surface area contributed by atoms with Crippen LogP contribution in [0, 0.1) is 11.8 Å². The SMILES string of the molecule is CC(=O)O.CC(C)C[C@H](NC(=O)[C@H](CC(C)C)NC(=O)[C@@H](Cc1c[nH]c2ccccc12)NC(=O)[C@H](Cc1ccccc1)NC(=O)[C@@H](Cc1c[nH]c2ccccc12)NC(=O)[C@H](CCC(N)=O)NC(=O)[C@H](CCC(N)=O)NC(=O)[C@@H]1CCCN1C(=O)[C@H](CCCCN)NC(=O)[C@@H]1CCCN1C(=O)[C@H](N)CCCN=C(N)N)C(N)=O. The van der Waals surface area contributed by atoms with Gasteiger partial charge in [-0.1, -0.05) is 94.4 Å². The number of para-hydroxylation sites is 2. The number of H-pyrrole nitrogens is 2. The highest BCUT2D eigenvalue weighted by Gasteiger charge is 2.43. The van der Waals surface area contributed by atoms with Crippen molar-refractivity contribution in [1.29, 1.82) is 0 Å². The molecule has 7 rings (SSSR count). The van der Waals surface area contributed by atoms with Crippen LogP contribution in [0.4, 0.5) is 0 Å². The summed E-state index contributed by atoms with van der Waals surface area (Å²) in [6.45, 7) is 9.33. The molecular weight excluding hydrogens is 1440 g/mol. The number of rotatable bonds is 43. The van der Waals surface area contributed by atoms with Gasteiger partial charge in [-0.15, -0.1) is 0 Å². The van der Waals surface area contributed by atoms with Gasteiger partial charge in [0.05, 0.1) is 6.04 Å². The first-order valence-corrected chi connectivity index (χ1v) is 38.0. The fourth-order valence-corrected chi connectivity index (χ4v) is 13.6. The molecule has 35 heteroatoms. The number of aliphatic carboxylic acids is 1. The van der Waals surface area contributed by atoms with E-state index in [1.807, 2.05) is 45.9 Å². The number of fused-ring (bicyclic) bond motifs is 2. The average Bonchev–Trinajstić information content (AvgIpc) is 1.65. The molecule has 0 bridgehead atoms. The number of likely N-dealkylation sites (tertiary alicyclic amines) is 2. The number of carboxylic acid groups (broad SMARTS) is 1. The summed E-state index contributed by atoms with van der Waals surface area (Å²) in [7, 11) is 0. The summed E-state index contributed by atoms with van der Waals surface area (Å²) in [5.41, 5.74) is 43.1. The van der Waals surface area contributed by atoms with Crippen LogP contribution in [0.25, 0.3) is 21.8 Å². The molecule has 0 radical (unpaired) electrons. The van der Waals surface area contributed by atoms with Crippen molar-refractivity contribution in [3.63, 3.8) is 0 Å². The molecule has 3 aromatic carbocycles. The van der Waals surface area contributed by atoms with Crippen molar-refractivity contribution < 1.29 is 72.2 Å². The Morgan fingerprint density at radius 3 is 1.35 bits per heavy atom. The molecule has 35 nitrogen and oxygen atoms in total. The molecule has 2 fully saturated rings. The number of unbranched alkanes of at least 4 members (excludes halogenated alkanes) is 1. The summed E-state index contributed by atoms with van der Waals surface area (Å²) < 4.78 is 0. The number of amides is 13. The lowest BCUT2D eigenvalue weighted by atomic mass is 9.98. The monoisotopic (exact) mass is 1560 g/mol. The number of aromatic nitrogens is 2. The summed E-state index contributed by atoms with van der Waals surface area (Å²) in [5.74, 6) is -11.4. The predicted molar refractivity (Wildman–Crippen MR) is 418 cm³/mol. The van der Waals surface area contributed by atoms with Crippen molar-refractivity contribution >= 4 is 111 Å². The number of guanidine groups is 1. The third kappa shape index (κ3) is 28.1. The molecular formula is C77H112N20O15. The van der Waals surface area contributed by atoms with Crippen LogP contribution in [0.3, 0.4) is 0 Å². The first kappa shape index (κ1) is 89.4. The number of carboxylic acids is 1. The maximum atomic E-state index is 15.4. The lowest BCUT2D eigenvalue weighted by molar-refractivity contribution is -0.144. The standard InChI is InChI=1S/C75H108N20O13.C2H4O2/c1-42(2)35-55(64(80)98)89-67(101)56(36-43(3)4)90-69(103)59(39-46-41-85-51-23-11-9-20-48(46)51)93-68(102)57(37-44-17-6-5-7-18-44)91-70(104)58(38-45-40-84-50-22-10-8-19-47(45)50)92-66(100)52(27-29-62(78)96)86-65(99)53(28-30-63(79)97)87-71(105)61-26-16-34-95(61)74(108)54(24-12-13-31-76)88-72(106)60-25-15-33-94(60)73(107)49(77)21-14-32-83-75(81)82;1-2(3)4/h5-11,17-20,22-23,40-43,49,52-61,84-85H,12-16,21,24-39,76-77H2,1-4H3,(H2,78,96)(H2,79,97)(H2,80,98)(H,86,99)(H,87,105)(H,88,106)(H,89,101)(H,90,103)(H,91,104)(H,92,100)(H,93,102)(H4,81,82,83);1H3,(H,3,4)/t49-,52+,53+,54+,55+,56+,57+,58-,59-,60+,61+;/m1./s1. The van der Waals surface area contributed by atoms with Crippen LogP contribution in [-0.2, 0) is 86.4 Å². The molecule has 4 heterocycles. The number of nitrogens with one attached hydrogen (secondary N) is 10. The third-order valence-electron chi connectivity index (χ3n) is 19.2. The Labute approximate surface area is 650 Å². The highest BCUT2D eigenvalue weighted by Crippen LogP contribution is 2.26. The molecule has 25 N–H and O–H groups in total. The normalized spacial score (nSPS) is 16.3. The molecule has 610 valence electrons. The van der Waals surface area contributed by atoms with Crippen LogP contribution in [0.1, 0.15) is 148 Å². The van der Waals surface area contributed by atoms with E-state index in [0.29, 0.717) is 66.1 Å². The number of aliphatic imine (C=N–C) groups is 1. The van der Waals surface area contributed by atoms with Gasteiger partial charge in [0.15, 0.2) is 5.96 Å². The number of hydrogen-bond acceptors (Lipinski definition) is 17. The Balaban J connectivity index is 0.00000477. The Kier molecular flexibility index (Phi) is 35.4. The Bertz CT molecular complexity index is 4100. The predicted octanol–water partition coefficient (Wildman–Crippen LogP) is -0.753. The quantitative estimate of drug-likeness (QED) is 0.0130. The molecule has 11 atom stereocenters. The van der Waals surface area contributed by atoms with E-state index in [1.54, 1.807) is 73.1 Å². The largest absolute Gasteiger partial charge is 0.481 e. The number of primary amides is 3. The van der Waals surface area contributed by atoms with Gasteiger partial charge in [-0.2, -0.15) is 0 Å². The number of nitrogens with two attached hydrogens (primary N) is 7. The molecule has 0 unspecified atom stereocenters. The van der Waals surface area contributed by atoms with Crippen LogP contribution < -0.4 is 82.7 Å². The summed E-state index contributed by atoms with van der Waals surface area (Å²) in [6, 6.07) is 8.67. The highest BCUT2D eigenvalue weighted by atomic mass is 16.4. The number of carbonyl (C=O) groups excluding carboxylic acids is 13. The number of nitrogens with zero attached hydrogens (tertiary/aromatic N) is 3. The molecule has 13 amide bonds. The minimum Gasteiger partial charge on any atom is -0.481 e. The summed E-state index contributed by atoms with van der Waals surface area (Å²) >= 11 is 0.